The van der Waals surface area contributed by atoms with Crippen LogP contribution >= 0.6 is 0 Å². The number of amides is 1. The second-order valence-electron chi connectivity index (χ2n) is 5.84. The molecule has 0 aliphatic heterocycles. The number of nitrogens with zero attached hydrogens (tertiary/aromatic N) is 1. The molecule has 122 valence electrons. The molecule has 0 aliphatic carbocycles. The predicted molar refractivity (Wildman–Crippen MR) is 97.9 cm³/mol. The van der Waals surface area contributed by atoms with Gasteiger partial charge in [-0.25, -0.2) is 5.43 Å². The topological polar surface area (TPSA) is 41.5 Å². The van der Waals surface area contributed by atoms with Gasteiger partial charge in [0.15, 0.2) is 0 Å². The first-order valence-corrected chi connectivity index (χ1v) is 8.62. The molecular formula is C20H26N2O. The van der Waals surface area contributed by atoms with Gasteiger partial charge >= 0.3 is 0 Å². The first-order chi connectivity index (χ1) is 11.3. The van der Waals surface area contributed by atoms with E-state index in [2.05, 4.69) is 17.5 Å². The Kier molecular flexibility index (Phi) is 7.31. The minimum absolute atomic E-state index is 0.152. The van der Waals surface area contributed by atoms with Crippen molar-refractivity contribution >= 4 is 22.9 Å². The van der Waals surface area contributed by atoms with Crippen LogP contribution in [0.4, 0.5) is 0 Å². The van der Waals surface area contributed by atoms with Crippen LogP contribution in [0.3, 0.4) is 0 Å². The highest BCUT2D eigenvalue weighted by Crippen LogP contribution is 2.18. The molecule has 0 fully saturated rings. The van der Waals surface area contributed by atoms with Gasteiger partial charge in [0, 0.05) is 11.8 Å². The van der Waals surface area contributed by atoms with Crippen LogP contribution < -0.4 is 5.43 Å². The number of rotatable bonds is 9. The molecule has 0 saturated carbocycles. The van der Waals surface area contributed by atoms with Crippen LogP contribution in [-0.2, 0) is 0 Å². The van der Waals surface area contributed by atoms with Gasteiger partial charge < -0.3 is 0 Å². The Balaban J connectivity index is 1.77. The summed E-state index contributed by atoms with van der Waals surface area (Å²) in [6.07, 6.45) is 10.3. The van der Waals surface area contributed by atoms with Crippen molar-refractivity contribution in [3.05, 3.63) is 48.0 Å². The summed E-state index contributed by atoms with van der Waals surface area (Å²) >= 11 is 0. The number of hydrazone groups is 1. The Labute approximate surface area is 138 Å². The predicted octanol–water partition coefficient (Wildman–Crippen LogP) is 5.31. The van der Waals surface area contributed by atoms with Gasteiger partial charge in [-0.2, -0.15) is 5.10 Å². The molecule has 0 aliphatic rings. The van der Waals surface area contributed by atoms with E-state index in [1.165, 1.54) is 32.1 Å². The minimum Gasteiger partial charge on any atom is -0.267 e. The molecule has 3 nitrogen and oxygen atoms in total. The first-order valence-electron chi connectivity index (χ1n) is 8.62. The Hall–Kier alpha value is -2.16. The maximum absolute atomic E-state index is 12.2. The monoisotopic (exact) mass is 310 g/mol. The highest BCUT2D eigenvalue weighted by molar-refractivity contribution is 6.07. The fourth-order valence-corrected chi connectivity index (χ4v) is 2.67. The lowest BCUT2D eigenvalue weighted by Gasteiger charge is -2.04. The molecule has 2 aromatic rings. The van der Waals surface area contributed by atoms with E-state index >= 15 is 0 Å². The van der Waals surface area contributed by atoms with Gasteiger partial charge in [0.1, 0.15) is 0 Å². The van der Waals surface area contributed by atoms with Crippen molar-refractivity contribution in [2.75, 3.05) is 0 Å². The molecule has 0 bridgehead atoms. The van der Waals surface area contributed by atoms with E-state index in [9.17, 15) is 4.79 Å². The summed E-state index contributed by atoms with van der Waals surface area (Å²) in [5.41, 5.74) is 3.30. The standard InChI is InChI=1S/C20H26N2O/c1-2-3-4-5-6-7-10-16-21-22-20(23)19-15-11-13-17-12-8-9-14-18(17)19/h8-9,11-16H,2-7,10H2,1H3,(H,22,23)/b21-16-. The van der Waals surface area contributed by atoms with Crippen LogP contribution in [0.2, 0.25) is 0 Å². The molecule has 0 aromatic heterocycles. The number of carbonyl (C=O) groups is 1. The number of benzene rings is 2. The van der Waals surface area contributed by atoms with Crippen molar-refractivity contribution in [2.24, 2.45) is 5.10 Å². The third-order valence-electron chi connectivity index (χ3n) is 3.98. The summed E-state index contributed by atoms with van der Waals surface area (Å²) in [4.78, 5) is 12.2. The van der Waals surface area contributed by atoms with E-state index in [1.54, 1.807) is 0 Å². The van der Waals surface area contributed by atoms with Crippen LogP contribution in [0.15, 0.2) is 47.6 Å². The fraction of sp³-hybridized carbons (Fsp3) is 0.400. The number of nitrogens with one attached hydrogen (secondary N) is 1. The molecule has 0 heterocycles. The van der Waals surface area contributed by atoms with E-state index in [4.69, 9.17) is 0 Å². The second-order valence-corrected chi connectivity index (χ2v) is 5.84. The lowest BCUT2D eigenvalue weighted by Crippen LogP contribution is -2.17. The average Bonchev–Trinajstić information content (AvgIpc) is 2.59. The molecular weight excluding hydrogens is 284 g/mol. The van der Waals surface area contributed by atoms with Crippen LogP contribution in [0.25, 0.3) is 10.8 Å². The van der Waals surface area contributed by atoms with Gasteiger partial charge in [-0.3, -0.25) is 4.79 Å². The Morgan fingerprint density at radius 3 is 2.61 bits per heavy atom. The largest absolute Gasteiger partial charge is 0.271 e. The number of unbranched alkanes of at least 4 members (excludes halogenated alkanes) is 6. The second kappa shape index (κ2) is 9.78. The van der Waals surface area contributed by atoms with Gasteiger partial charge in [-0.05, 0) is 29.7 Å². The highest BCUT2D eigenvalue weighted by atomic mass is 16.2. The minimum atomic E-state index is -0.152. The van der Waals surface area contributed by atoms with Crippen molar-refractivity contribution in [1.29, 1.82) is 0 Å². The van der Waals surface area contributed by atoms with E-state index < -0.39 is 0 Å². The molecule has 3 heteroatoms. The molecule has 0 atom stereocenters. The number of carbonyl (C=O) groups excluding carboxylic acids is 1. The maximum atomic E-state index is 12.2. The summed E-state index contributed by atoms with van der Waals surface area (Å²) in [5, 5.41) is 6.09. The molecule has 2 rings (SSSR count). The smallest absolute Gasteiger partial charge is 0.267 e. The fourth-order valence-electron chi connectivity index (χ4n) is 2.67. The maximum Gasteiger partial charge on any atom is 0.271 e. The van der Waals surface area contributed by atoms with Crippen molar-refractivity contribution in [1.82, 2.24) is 5.43 Å². The SMILES string of the molecule is CCCCCCCC/C=N\NC(=O)c1cccc2ccccc12. The van der Waals surface area contributed by atoms with Gasteiger partial charge in [-0.1, -0.05) is 75.4 Å². The summed E-state index contributed by atoms with van der Waals surface area (Å²) in [7, 11) is 0. The Morgan fingerprint density at radius 2 is 1.74 bits per heavy atom. The highest BCUT2D eigenvalue weighted by Gasteiger charge is 2.07. The lowest BCUT2D eigenvalue weighted by atomic mass is 10.0. The van der Waals surface area contributed by atoms with Crippen molar-refractivity contribution in [3.63, 3.8) is 0 Å². The number of hydrogen-bond acceptors (Lipinski definition) is 2. The van der Waals surface area contributed by atoms with Gasteiger partial charge in [0.2, 0.25) is 0 Å². The average molecular weight is 310 g/mol. The van der Waals surface area contributed by atoms with E-state index in [1.807, 2.05) is 48.7 Å². The molecule has 1 amide bonds. The zero-order valence-corrected chi connectivity index (χ0v) is 13.9. The van der Waals surface area contributed by atoms with Crippen LogP contribution in [0, 0.1) is 0 Å². The first kappa shape index (κ1) is 17.2. The molecule has 23 heavy (non-hydrogen) atoms. The lowest BCUT2D eigenvalue weighted by molar-refractivity contribution is 0.0956. The van der Waals surface area contributed by atoms with Crippen molar-refractivity contribution < 1.29 is 4.79 Å². The van der Waals surface area contributed by atoms with Crippen LogP contribution in [0.1, 0.15) is 62.2 Å². The zero-order valence-electron chi connectivity index (χ0n) is 13.9. The molecule has 0 unspecified atom stereocenters. The van der Waals surface area contributed by atoms with E-state index in [0.717, 1.165) is 23.6 Å². The van der Waals surface area contributed by atoms with Gasteiger partial charge in [0.25, 0.3) is 5.91 Å². The number of fused-ring (bicyclic) bond motifs is 1. The van der Waals surface area contributed by atoms with Crippen molar-refractivity contribution in [2.45, 2.75) is 51.9 Å². The molecule has 2 aromatic carbocycles. The summed E-state index contributed by atoms with van der Waals surface area (Å²) in [6, 6.07) is 13.6. The Morgan fingerprint density at radius 1 is 1.00 bits per heavy atom. The third kappa shape index (κ3) is 5.51. The van der Waals surface area contributed by atoms with E-state index in [0.29, 0.717) is 5.56 Å². The van der Waals surface area contributed by atoms with E-state index in [-0.39, 0.29) is 5.91 Å². The zero-order chi connectivity index (χ0) is 16.3. The molecule has 0 radical (unpaired) electrons. The molecule has 1 N–H and O–H groups in total. The van der Waals surface area contributed by atoms with Gasteiger partial charge in [-0.15, -0.1) is 0 Å². The summed E-state index contributed by atoms with van der Waals surface area (Å²) < 4.78 is 0. The van der Waals surface area contributed by atoms with Gasteiger partial charge in [0.05, 0.1) is 0 Å². The number of hydrogen-bond donors (Lipinski definition) is 1. The summed E-state index contributed by atoms with van der Waals surface area (Å²) in [5.74, 6) is -0.152. The molecule has 0 saturated heterocycles. The van der Waals surface area contributed by atoms with Crippen LogP contribution in [-0.4, -0.2) is 12.1 Å². The Bertz CT molecular complexity index is 644. The quantitative estimate of drug-likeness (QED) is 0.381. The molecule has 0 spiro atoms. The van der Waals surface area contributed by atoms with Crippen LogP contribution in [0.5, 0.6) is 0 Å². The van der Waals surface area contributed by atoms with Crippen molar-refractivity contribution in [3.8, 4) is 0 Å². The normalized spacial score (nSPS) is 11.2. The third-order valence-corrected chi connectivity index (χ3v) is 3.98. The summed E-state index contributed by atoms with van der Waals surface area (Å²) in [6.45, 7) is 2.23.